The summed E-state index contributed by atoms with van der Waals surface area (Å²) >= 11 is 0. The zero-order valence-corrected chi connectivity index (χ0v) is 11.8. The van der Waals surface area contributed by atoms with Crippen LogP contribution in [-0.2, 0) is 11.2 Å². The molecule has 0 bridgehead atoms. The van der Waals surface area contributed by atoms with Crippen LogP contribution in [0.2, 0.25) is 0 Å². The zero-order valence-electron chi connectivity index (χ0n) is 11.8. The number of hydrogen-bond donors (Lipinski definition) is 2. The molecule has 2 aliphatic rings. The molecule has 5 heteroatoms. The summed E-state index contributed by atoms with van der Waals surface area (Å²) < 4.78 is 0. The largest absolute Gasteiger partial charge is 0.310 e. The molecule has 21 heavy (non-hydrogen) atoms. The van der Waals surface area contributed by atoms with Crippen LogP contribution in [0.5, 0.6) is 0 Å². The molecule has 0 spiro atoms. The average molecular weight is 282 g/mol. The maximum absolute atomic E-state index is 12.7. The Morgan fingerprint density at radius 2 is 2.33 bits per heavy atom. The summed E-state index contributed by atoms with van der Waals surface area (Å²) in [6.07, 6.45) is 6.69. The van der Waals surface area contributed by atoms with Crippen molar-refractivity contribution in [1.82, 2.24) is 15.5 Å². The molecule has 1 amide bonds. The molecular formula is C16H18N4O. The fourth-order valence-corrected chi connectivity index (χ4v) is 3.42. The number of fused-ring (bicyclic) bond motifs is 1. The van der Waals surface area contributed by atoms with Gasteiger partial charge in [0.25, 0.3) is 0 Å². The maximum Gasteiger partial charge on any atom is 0.244 e. The molecule has 0 aliphatic carbocycles. The van der Waals surface area contributed by atoms with Gasteiger partial charge in [0, 0.05) is 24.0 Å². The van der Waals surface area contributed by atoms with Crippen LogP contribution in [0, 0.1) is 0 Å². The van der Waals surface area contributed by atoms with E-state index in [0.717, 1.165) is 43.6 Å². The first kappa shape index (κ1) is 12.6. The highest BCUT2D eigenvalue weighted by Gasteiger charge is 2.32. The standard InChI is InChI=1S/C16H18N4O/c21-16(14-4-2-7-17-14)20-8-6-13-12(3-1-5-15(13)20)11-9-18-19-10-11/h1,3,5,9-10,14,17H,2,4,6-8H2,(H,18,19)/t14-/m0/s1. The Hall–Kier alpha value is -2.14. The molecule has 0 radical (unpaired) electrons. The van der Waals surface area contributed by atoms with Gasteiger partial charge in [0.05, 0.1) is 12.2 Å². The minimum absolute atomic E-state index is 0.00599. The van der Waals surface area contributed by atoms with Crippen molar-refractivity contribution in [3.05, 3.63) is 36.2 Å². The van der Waals surface area contributed by atoms with Crippen molar-refractivity contribution in [1.29, 1.82) is 0 Å². The lowest BCUT2D eigenvalue weighted by atomic mass is 10.0. The van der Waals surface area contributed by atoms with Gasteiger partial charge in [-0.1, -0.05) is 12.1 Å². The smallest absolute Gasteiger partial charge is 0.244 e. The van der Waals surface area contributed by atoms with Crippen molar-refractivity contribution in [2.45, 2.75) is 25.3 Å². The van der Waals surface area contributed by atoms with E-state index < -0.39 is 0 Å². The Balaban J connectivity index is 1.69. The van der Waals surface area contributed by atoms with E-state index in [1.54, 1.807) is 0 Å². The number of hydrogen-bond acceptors (Lipinski definition) is 3. The summed E-state index contributed by atoms with van der Waals surface area (Å²) in [7, 11) is 0. The van der Waals surface area contributed by atoms with Gasteiger partial charge in [-0.2, -0.15) is 5.10 Å². The Labute approximate surface area is 123 Å². The first-order valence-corrected chi connectivity index (χ1v) is 7.50. The summed E-state index contributed by atoms with van der Waals surface area (Å²) in [6, 6.07) is 6.17. The Bertz CT molecular complexity index is 659. The lowest BCUT2D eigenvalue weighted by Gasteiger charge is -2.21. The van der Waals surface area contributed by atoms with Crippen LogP contribution in [0.3, 0.4) is 0 Å². The number of nitrogens with one attached hydrogen (secondary N) is 2. The molecule has 2 aliphatic heterocycles. The number of H-pyrrole nitrogens is 1. The Kier molecular flexibility index (Phi) is 3.00. The second-order valence-corrected chi connectivity index (χ2v) is 5.68. The molecule has 0 saturated carbocycles. The van der Waals surface area contributed by atoms with Crippen molar-refractivity contribution >= 4 is 11.6 Å². The van der Waals surface area contributed by atoms with Crippen molar-refractivity contribution in [3.63, 3.8) is 0 Å². The van der Waals surface area contributed by atoms with E-state index in [4.69, 9.17) is 0 Å². The van der Waals surface area contributed by atoms with Crippen LogP contribution >= 0.6 is 0 Å². The number of aromatic nitrogens is 2. The lowest BCUT2D eigenvalue weighted by Crippen LogP contribution is -2.42. The van der Waals surface area contributed by atoms with Crippen LogP contribution in [0.15, 0.2) is 30.6 Å². The van der Waals surface area contributed by atoms with Gasteiger partial charge in [0.15, 0.2) is 0 Å². The first-order chi connectivity index (χ1) is 10.3. The minimum atomic E-state index is -0.00599. The molecule has 2 aromatic rings. The molecular weight excluding hydrogens is 264 g/mol. The molecule has 3 heterocycles. The van der Waals surface area contributed by atoms with Crippen molar-refractivity contribution in [3.8, 4) is 11.1 Å². The van der Waals surface area contributed by atoms with E-state index in [-0.39, 0.29) is 11.9 Å². The third-order valence-corrected chi connectivity index (χ3v) is 4.46. The minimum Gasteiger partial charge on any atom is -0.310 e. The van der Waals surface area contributed by atoms with Gasteiger partial charge in [-0.05, 0) is 43.0 Å². The topological polar surface area (TPSA) is 61.0 Å². The molecule has 2 N–H and O–H groups in total. The second kappa shape index (κ2) is 5.00. The monoisotopic (exact) mass is 282 g/mol. The molecule has 5 nitrogen and oxygen atoms in total. The van der Waals surface area contributed by atoms with Crippen LogP contribution in [0.1, 0.15) is 18.4 Å². The Morgan fingerprint density at radius 3 is 3.10 bits per heavy atom. The van der Waals surface area contributed by atoms with Crippen molar-refractivity contribution in [2.75, 3.05) is 18.0 Å². The van der Waals surface area contributed by atoms with E-state index in [9.17, 15) is 4.79 Å². The summed E-state index contributed by atoms with van der Waals surface area (Å²) in [5.41, 5.74) is 4.58. The van der Waals surface area contributed by atoms with Gasteiger partial charge in [0.2, 0.25) is 5.91 Å². The number of rotatable bonds is 2. The van der Waals surface area contributed by atoms with E-state index in [2.05, 4.69) is 27.6 Å². The highest BCUT2D eigenvalue weighted by Crippen LogP contribution is 2.36. The van der Waals surface area contributed by atoms with E-state index in [0.29, 0.717) is 0 Å². The molecule has 1 saturated heterocycles. The molecule has 1 atom stereocenters. The lowest BCUT2D eigenvalue weighted by molar-refractivity contribution is -0.120. The van der Waals surface area contributed by atoms with Crippen molar-refractivity contribution in [2.24, 2.45) is 0 Å². The number of aromatic amines is 1. The van der Waals surface area contributed by atoms with E-state index >= 15 is 0 Å². The molecule has 1 aromatic heterocycles. The quantitative estimate of drug-likeness (QED) is 0.881. The predicted molar refractivity (Wildman–Crippen MR) is 81.1 cm³/mol. The van der Waals surface area contributed by atoms with Gasteiger partial charge in [-0.3, -0.25) is 9.89 Å². The van der Waals surface area contributed by atoms with Crippen LogP contribution < -0.4 is 10.2 Å². The fraction of sp³-hybridized carbons (Fsp3) is 0.375. The molecule has 108 valence electrons. The maximum atomic E-state index is 12.7. The van der Waals surface area contributed by atoms with Gasteiger partial charge in [0.1, 0.15) is 0 Å². The zero-order chi connectivity index (χ0) is 14.2. The van der Waals surface area contributed by atoms with Gasteiger partial charge < -0.3 is 10.2 Å². The summed E-state index contributed by atoms with van der Waals surface area (Å²) in [5.74, 6) is 0.218. The van der Waals surface area contributed by atoms with Crippen LogP contribution in [-0.4, -0.2) is 35.2 Å². The van der Waals surface area contributed by atoms with E-state index in [1.807, 2.05) is 23.4 Å². The van der Waals surface area contributed by atoms with Crippen LogP contribution in [0.4, 0.5) is 5.69 Å². The number of amides is 1. The number of anilines is 1. The summed E-state index contributed by atoms with van der Waals surface area (Å²) in [5, 5.41) is 10.2. The predicted octanol–water partition coefficient (Wildman–Crippen LogP) is 1.72. The third-order valence-electron chi connectivity index (χ3n) is 4.46. The number of benzene rings is 1. The average Bonchev–Trinajstić information content (AvgIpc) is 3.25. The third kappa shape index (κ3) is 2.05. The van der Waals surface area contributed by atoms with E-state index in [1.165, 1.54) is 11.1 Å². The summed E-state index contributed by atoms with van der Waals surface area (Å²) in [4.78, 5) is 14.6. The number of carbonyl (C=O) groups is 1. The van der Waals surface area contributed by atoms with Crippen LogP contribution in [0.25, 0.3) is 11.1 Å². The highest BCUT2D eigenvalue weighted by atomic mass is 16.2. The van der Waals surface area contributed by atoms with Gasteiger partial charge >= 0.3 is 0 Å². The number of carbonyl (C=O) groups excluding carboxylic acids is 1. The second-order valence-electron chi connectivity index (χ2n) is 5.68. The molecule has 0 unspecified atom stereocenters. The normalized spacial score (nSPS) is 20.8. The van der Waals surface area contributed by atoms with Crippen molar-refractivity contribution < 1.29 is 4.79 Å². The SMILES string of the molecule is O=C([C@@H]1CCCN1)N1CCc2c(-c3cn[nH]c3)cccc21. The molecule has 1 aromatic carbocycles. The van der Waals surface area contributed by atoms with Gasteiger partial charge in [-0.15, -0.1) is 0 Å². The number of nitrogens with zero attached hydrogens (tertiary/aromatic N) is 2. The summed E-state index contributed by atoms with van der Waals surface area (Å²) in [6.45, 7) is 1.73. The highest BCUT2D eigenvalue weighted by molar-refractivity contribution is 6.00. The van der Waals surface area contributed by atoms with Gasteiger partial charge in [-0.25, -0.2) is 0 Å². The molecule has 4 rings (SSSR count). The molecule has 1 fully saturated rings. The Morgan fingerprint density at radius 1 is 1.38 bits per heavy atom. The first-order valence-electron chi connectivity index (χ1n) is 7.50. The fourth-order valence-electron chi connectivity index (χ4n) is 3.42.